The van der Waals surface area contributed by atoms with Crippen LogP contribution in [0.2, 0.25) is 0 Å². The summed E-state index contributed by atoms with van der Waals surface area (Å²) in [6.07, 6.45) is 4.52. The van der Waals surface area contributed by atoms with Crippen LogP contribution in [0.3, 0.4) is 0 Å². The van der Waals surface area contributed by atoms with Crippen LogP contribution >= 0.6 is 15.9 Å². The third-order valence-corrected chi connectivity index (χ3v) is 3.80. The van der Waals surface area contributed by atoms with Crippen LogP contribution in [0.15, 0.2) is 22.7 Å². The number of hydrogen-bond acceptors (Lipinski definition) is 1. The van der Waals surface area contributed by atoms with Crippen molar-refractivity contribution in [2.75, 3.05) is 6.54 Å². The molecular weight excluding hydrogens is 281 g/mol. The maximum atomic E-state index is 13.8. The molecule has 0 amide bonds. The number of benzene rings is 1. The molecule has 1 fully saturated rings. The van der Waals surface area contributed by atoms with Crippen molar-refractivity contribution in [3.05, 3.63) is 34.1 Å². The van der Waals surface area contributed by atoms with E-state index in [1.807, 2.05) is 12.1 Å². The molecule has 94 valence electrons. The number of rotatable bonds is 6. The molecule has 1 N–H and O–H groups in total. The zero-order valence-electron chi connectivity index (χ0n) is 10.2. The molecule has 3 heteroatoms. The normalized spacial score (nSPS) is 17.1. The van der Waals surface area contributed by atoms with Crippen molar-refractivity contribution in [3.63, 3.8) is 0 Å². The molecule has 1 aromatic carbocycles. The van der Waals surface area contributed by atoms with Crippen molar-refractivity contribution in [1.29, 1.82) is 0 Å². The summed E-state index contributed by atoms with van der Waals surface area (Å²) >= 11 is 3.29. The van der Waals surface area contributed by atoms with Crippen molar-refractivity contribution >= 4 is 15.9 Å². The van der Waals surface area contributed by atoms with Gasteiger partial charge in [0.15, 0.2) is 0 Å². The highest BCUT2D eigenvalue weighted by Crippen LogP contribution is 2.34. The molecule has 17 heavy (non-hydrogen) atoms. The lowest BCUT2D eigenvalue weighted by atomic mass is 10.0. The van der Waals surface area contributed by atoms with Gasteiger partial charge in [0.1, 0.15) is 5.82 Å². The Labute approximate surface area is 111 Å². The van der Waals surface area contributed by atoms with Gasteiger partial charge in [-0.1, -0.05) is 28.9 Å². The summed E-state index contributed by atoms with van der Waals surface area (Å²) in [5.41, 5.74) is 0.828. The molecule has 1 atom stereocenters. The Morgan fingerprint density at radius 2 is 2.24 bits per heavy atom. The molecule has 0 aliphatic heterocycles. The first kappa shape index (κ1) is 13.0. The van der Waals surface area contributed by atoms with E-state index in [1.54, 1.807) is 6.07 Å². The molecule has 0 heterocycles. The van der Waals surface area contributed by atoms with Crippen LogP contribution in [0.25, 0.3) is 0 Å². The fourth-order valence-corrected chi connectivity index (χ4v) is 2.49. The minimum Gasteiger partial charge on any atom is -0.313 e. The van der Waals surface area contributed by atoms with Crippen LogP contribution in [0.4, 0.5) is 4.39 Å². The molecule has 0 spiro atoms. The van der Waals surface area contributed by atoms with Gasteiger partial charge in [-0.15, -0.1) is 0 Å². The van der Waals surface area contributed by atoms with Crippen LogP contribution in [0, 0.1) is 11.7 Å². The first-order valence-electron chi connectivity index (χ1n) is 6.38. The maximum absolute atomic E-state index is 13.8. The molecule has 1 aliphatic rings. The molecule has 0 aromatic heterocycles. The van der Waals surface area contributed by atoms with Crippen LogP contribution in [0.1, 0.15) is 31.7 Å². The van der Waals surface area contributed by atoms with Crippen LogP contribution in [-0.2, 0) is 6.42 Å². The van der Waals surface area contributed by atoms with Gasteiger partial charge >= 0.3 is 0 Å². The second-order valence-electron chi connectivity index (χ2n) is 4.84. The summed E-state index contributed by atoms with van der Waals surface area (Å²) in [4.78, 5) is 0. The van der Waals surface area contributed by atoms with Crippen molar-refractivity contribution < 1.29 is 4.39 Å². The SMILES string of the molecule is CCCNC(Cc1ccc(Br)cc1F)C1CC1. The average Bonchev–Trinajstić information content (AvgIpc) is 3.11. The van der Waals surface area contributed by atoms with Gasteiger partial charge in [-0.05, 0) is 55.8 Å². The predicted molar refractivity (Wildman–Crippen MR) is 72.6 cm³/mol. The van der Waals surface area contributed by atoms with Gasteiger partial charge in [-0.3, -0.25) is 0 Å². The Bertz CT molecular complexity index is 376. The van der Waals surface area contributed by atoms with E-state index in [0.717, 1.165) is 35.3 Å². The van der Waals surface area contributed by atoms with Gasteiger partial charge < -0.3 is 5.32 Å². The highest BCUT2D eigenvalue weighted by molar-refractivity contribution is 9.10. The zero-order chi connectivity index (χ0) is 12.3. The number of nitrogens with one attached hydrogen (secondary N) is 1. The van der Waals surface area contributed by atoms with Crippen molar-refractivity contribution in [3.8, 4) is 0 Å². The topological polar surface area (TPSA) is 12.0 Å². The molecule has 1 nitrogen and oxygen atoms in total. The quantitative estimate of drug-likeness (QED) is 0.840. The van der Waals surface area contributed by atoms with Gasteiger partial charge in [0, 0.05) is 10.5 Å². The molecule has 1 aliphatic carbocycles. The van der Waals surface area contributed by atoms with E-state index in [0.29, 0.717) is 6.04 Å². The number of halogens is 2. The van der Waals surface area contributed by atoms with Gasteiger partial charge in [-0.25, -0.2) is 4.39 Å². The van der Waals surface area contributed by atoms with Gasteiger partial charge in [-0.2, -0.15) is 0 Å². The van der Waals surface area contributed by atoms with E-state index in [2.05, 4.69) is 28.2 Å². The standard InChI is InChI=1S/C14H19BrFN/c1-2-7-17-14(10-3-4-10)8-11-5-6-12(15)9-13(11)16/h5-6,9-10,14,17H,2-4,7-8H2,1H3. The summed E-state index contributed by atoms with van der Waals surface area (Å²) in [5.74, 6) is 0.660. The largest absolute Gasteiger partial charge is 0.313 e. The Kier molecular flexibility index (Phi) is 4.57. The summed E-state index contributed by atoms with van der Waals surface area (Å²) in [6.45, 7) is 3.19. The van der Waals surface area contributed by atoms with E-state index >= 15 is 0 Å². The summed E-state index contributed by atoms with van der Waals surface area (Å²) < 4.78 is 14.6. The lowest BCUT2D eigenvalue weighted by molar-refractivity contribution is 0.451. The highest BCUT2D eigenvalue weighted by Gasteiger charge is 2.31. The molecule has 1 unspecified atom stereocenters. The lowest BCUT2D eigenvalue weighted by Crippen LogP contribution is -2.34. The fourth-order valence-electron chi connectivity index (χ4n) is 2.16. The fraction of sp³-hybridized carbons (Fsp3) is 0.571. The van der Waals surface area contributed by atoms with E-state index < -0.39 is 0 Å². The van der Waals surface area contributed by atoms with Gasteiger partial charge in [0.25, 0.3) is 0 Å². The average molecular weight is 300 g/mol. The Morgan fingerprint density at radius 3 is 2.82 bits per heavy atom. The molecule has 0 saturated heterocycles. The summed E-state index contributed by atoms with van der Waals surface area (Å²) in [6, 6.07) is 5.81. The second kappa shape index (κ2) is 5.96. The van der Waals surface area contributed by atoms with E-state index in [1.165, 1.54) is 12.8 Å². The maximum Gasteiger partial charge on any atom is 0.127 e. The van der Waals surface area contributed by atoms with E-state index in [4.69, 9.17) is 0 Å². The van der Waals surface area contributed by atoms with Gasteiger partial charge in [0.05, 0.1) is 0 Å². The van der Waals surface area contributed by atoms with Crippen molar-refractivity contribution in [1.82, 2.24) is 5.32 Å². The van der Waals surface area contributed by atoms with Crippen LogP contribution in [0.5, 0.6) is 0 Å². The molecule has 2 rings (SSSR count). The third-order valence-electron chi connectivity index (χ3n) is 3.30. The summed E-state index contributed by atoms with van der Waals surface area (Å²) in [7, 11) is 0. The first-order valence-corrected chi connectivity index (χ1v) is 7.17. The van der Waals surface area contributed by atoms with Gasteiger partial charge in [0.2, 0.25) is 0 Å². The molecular formula is C14H19BrFN. The van der Waals surface area contributed by atoms with Crippen molar-refractivity contribution in [2.45, 2.75) is 38.6 Å². The third kappa shape index (κ3) is 3.78. The molecule has 1 saturated carbocycles. The monoisotopic (exact) mass is 299 g/mol. The number of hydrogen-bond donors (Lipinski definition) is 1. The predicted octanol–water partition coefficient (Wildman–Crippen LogP) is 3.91. The first-order chi connectivity index (χ1) is 8.20. The smallest absolute Gasteiger partial charge is 0.127 e. The Balaban J connectivity index is 2.00. The zero-order valence-corrected chi connectivity index (χ0v) is 11.8. The minimum atomic E-state index is -0.0941. The molecule has 1 aromatic rings. The van der Waals surface area contributed by atoms with E-state index in [9.17, 15) is 4.39 Å². The van der Waals surface area contributed by atoms with Crippen LogP contribution < -0.4 is 5.32 Å². The Morgan fingerprint density at radius 1 is 1.47 bits per heavy atom. The minimum absolute atomic E-state index is 0.0941. The molecule has 0 bridgehead atoms. The second-order valence-corrected chi connectivity index (χ2v) is 5.75. The highest BCUT2D eigenvalue weighted by atomic mass is 79.9. The summed E-state index contributed by atoms with van der Waals surface area (Å²) in [5, 5.41) is 3.54. The van der Waals surface area contributed by atoms with Crippen molar-refractivity contribution in [2.24, 2.45) is 5.92 Å². The molecule has 0 radical (unpaired) electrons. The van der Waals surface area contributed by atoms with E-state index in [-0.39, 0.29) is 5.82 Å². The van der Waals surface area contributed by atoms with Crippen LogP contribution in [-0.4, -0.2) is 12.6 Å². The lowest BCUT2D eigenvalue weighted by Gasteiger charge is -2.18. The Hall–Kier alpha value is -0.410.